The fraction of sp³-hybridized carbons (Fsp3) is 0.588. The molecule has 4 nitrogen and oxygen atoms in total. The van der Waals surface area contributed by atoms with Crippen molar-refractivity contribution in [1.29, 1.82) is 0 Å². The van der Waals surface area contributed by atoms with E-state index in [1.54, 1.807) is 0 Å². The van der Waals surface area contributed by atoms with Crippen LogP contribution in [0.2, 0.25) is 0 Å². The number of nitrogens with one attached hydrogen (secondary N) is 2. The maximum atomic E-state index is 12.2. The molecule has 1 aliphatic heterocycles. The smallest absolute Gasteiger partial charge is 0.321 e. The van der Waals surface area contributed by atoms with Crippen molar-refractivity contribution in [3.8, 4) is 0 Å². The summed E-state index contributed by atoms with van der Waals surface area (Å²) in [7, 11) is 0. The zero-order valence-corrected chi connectivity index (χ0v) is 13.0. The Morgan fingerprint density at radius 2 is 1.76 bits per heavy atom. The highest BCUT2D eigenvalue weighted by molar-refractivity contribution is 5.89. The van der Waals surface area contributed by atoms with E-state index in [2.05, 4.69) is 29.7 Å². The summed E-state index contributed by atoms with van der Waals surface area (Å²) in [5, 5.41) is 6.38. The van der Waals surface area contributed by atoms with E-state index < -0.39 is 0 Å². The lowest BCUT2D eigenvalue weighted by Crippen LogP contribution is -2.35. The highest BCUT2D eigenvalue weighted by Gasteiger charge is 2.15. The molecule has 1 fully saturated rings. The lowest BCUT2D eigenvalue weighted by molar-refractivity contribution is 0.214. The van der Waals surface area contributed by atoms with Crippen LogP contribution < -0.4 is 10.6 Å². The van der Waals surface area contributed by atoms with Crippen LogP contribution in [0.25, 0.3) is 0 Å². The lowest BCUT2D eigenvalue weighted by atomic mass is 10.2. The van der Waals surface area contributed by atoms with Gasteiger partial charge in [0, 0.05) is 25.3 Å². The Morgan fingerprint density at radius 1 is 1.10 bits per heavy atom. The SMILES string of the molecule is CCCNCc1ccc(NC(=O)N2CCCCCC2)cc1. The van der Waals surface area contributed by atoms with E-state index in [0.29, 0.717) is 0 Å². The molecule has 0 atom stereocenters. The number of nitrogens with zero attached hydrogens (tertiary/aromatic N) is 1. The zero-order chi connectivity index (χ0) is 14.9. The summed E-state index contributed by atoms with van der Waals surface area (Å²) in [5.74, 6) is 0. The molecule has 2 amide bonds. The molecular formula is C17H27N3O. The molecule has 21 heavy (non-hydrogen) atoms. The summed E-state index contributed by atoms with van der Waals surface area (Å²) < 4.78 is 0. The van der Waals surface area contributed by atoms with Crippen molar-refractivity contribution in [2.24, 2.45) is 0 Å². The van der Waals surface area contributed by atoms with Crippen molar-refractivity contribution in [3.05, 3.63) is 29.8 Å². The van der Waals surface area contributed by atoms with Crippen molar-refractivity contribution < 1.29 is 4.79 Å². The van der Waals surface area contributed by atoms with Crippen LogP contribution in [0.3, 0.4) is 0 Å². The van der Waals surface area contributed by atoms with Gasteiger partial charge in [-0.25, -0.2) is 4.79 Å². The van der Waals surface area contributed by atoms with Gasteiger partial charge in [-0.15, -0.1) is 0 Å². The largest absolute Gasteiger partial charge is 0.325 e. The number of carbonyl (C=O) groups is 1. The predicted octanol–water partition coefficient (Wildman–Crippen LogP) is 3.59. The van der Waals surface area contributed by atoms with Gasteiger partial charge in [-0.2, -0.15) is 0 Å². The van der Waals surface area contributed by atoms with E-state index in [4.69, 9.17) is 0 Å². The van der Waals surface area contributed by atoms with E-state index in [1.807, 2.05) is 17.0 Å². The zero-order valence-electron chi connectivity index (χ0n) is 13.0. The summed E-state index contributed by atoms with van der Waals surface area (Å²) in [6, 6.07) is 8.15. The monoisotopic (exact) mass is 289 g/mol. The van der Waals surface area contributed by atoms with Crippen LogP contribution in [0.1, 0.15) is 44.6 Å². The van der Waals surface area contributed by atoms with Crippen molar-refractivity contribution in [2.45, 2.75) is 45.6 Å². The summed E-state index contributed by atoms with van der Waals surface area (Å²) in [6.45, 7) is 5.84. The standard InChI is InChI=1S/C17H27N3O/c1-2-11-18-14-15-7-9-16(10-8-15)19-17(21)20-12-5-3-4-6-13-20/h7-10,18H,2-6,11-14H2,1H3,(H,19,21). The number of hydrogen-bond acceptors (Lipinski definition) is 2. The van der Waals surface area contributed by atoms with E-state index in [9.17, 15) is 4.79 Å². The number of likely N-dealkylation sites (tertiary alicyclic amines) is 1. The molecule has 2 N–H and O–H groups in total. The minimum absolute atomic E-state index is 0.0359. The van der Waals surface area contributed by atoms with Gasteiger partial charge in [-0.05, 0) is 43.5 Å². The Bertz CT molecular complexity index is 422. The van der Waals surface area contributed by atoms with E-state index in [0.717, 1.165) is 51.1 Å². The molecule has 1 aromatic rings. The van der Waals surface area contributed by atoms with E-state index in [1.165, 1.54) is 18.4 Å². The number of amides is 2. The van der Waals surface area contributed by atoms with Crippen LogP contribution in [-0.2, 0) is 6.54 Å². The maximum absolute atomic E-state index is 12.2. The summed E-state index contributed by atoms with van der Waals surface area (Å²) >= 11 is 0. The second-order valence-corrected chi connectivity index (χ2v) is 5.71. The van der Waals surface area contributed by atoms with Crippen molar-refractivity contribution in [2.75, 3.05) is 25.0 Å². The summed E-state index contributed by atoms with van der Waals surface area (Å²) in [6.07, 6.45) is 5.86. The molecule has 1 saturated heterocycles. The number of carbonyl (C=O) groups excluding carboxylic acids is 1. The number of benzene rings is 1. The Morgan fingerprint density at radius 3 is 2.38 bits per heavy atom. The summed E-state index contributed by atoms with van der Waals surface area (Å²) in [4.78, 5) is 14.2. The molecule has 0 aliphatic carbocycles. The van der Waals surface area contributed by atoms with Crippen LogP contribution >= 0.6 is 0 Å². The highest BCUT2D eigenvalue weighted by atomic mass is 16.2. The fourth-order valence-electron chi connectivity index (χ4n) is 2.59. The van der Waals surface area contributed by atoms with Gasteiger partial charge >= 0.3 is 6.03 Å². The minimum atomic E-state index is 0.0359. The molecule has 4 heteroatoms. The van der Waals surface area contributed by atoms with Gasteiger partial charge in [0.2, 0.25) is 0 Å². The van der Waals surface area contributed by atoms with Gasteiger partial charge in [0.25, 0.3) is 0 Å². The molecule has 2 rings (SSSR count). The molecule has 0 saturated carbocycles. The van der Waals surface area contributed by atoms with Gasteiger partial charge in [-0.1, -0.05) is 31.9 Å². The molecule has 0 spiro atoms. The van der Waals surface area contributed by atoms with Crippen molar-refractivity contribution in [3.63, 3.8) is 0 Å². The van der Waals surface area contributed by atoms with Gasteiger partial charge < -0.3 is 15.5 Å². The van der Waals surface area contributed by atoms with E-state index in [-0.39, 0.29) is 6.03 Å². The number of rotatable bonds is 5. The molecule has 0 aromatic heterocycles. The molecule has 116 valence electrons. The van der Waals surface area contributed by atoms with Crippen molar-refractivity contribution >= 4 is 11.7 Å². The average Bonchev–Trinajstić information content (AvgIpc) is 2.78. The number of hydrogen-bond donors (Lipinski definition) is 2. The fourth-order valence-corrected chi connectivity index (χ4v) is 2.59. The average molecular weight is 289 g/mol. The van der Waals surface area contributed by atoms with Gasteiger partial charge in [0.1, 0.15) is 0 Å². The first-order valence-electron chi connectivity index (χ1n) is 8.15. The lowest BCUT2D eigenvalue weighted by Gasteiger charge is -2.20. The quantitative estimate of drug-likeness (QED) is 0.814. The molecule has 0 radical (unpaired) electrons. The van der Waals surface area contributed by atoms with Crippen LogP contribution in [0.15, 0.2) is 24.3 Å². The predicted molar refractivity (Wildman–Crippen MR) is 87.5 cm³/mol. The molecule has 0 unspecified atom stereocenters. The topological polar surface area (TPSA) is 44.4 Å². The van der Waals surface area contributed by atoms with Crippen LogP contribution in [0, 0.1) is 0 Å². The Hall–Kier alpha value is -1.55. The second-order valence-electron chi connectivity index (χ2n) is 5.71. The van der Waals surface area contributed by atoms with Crippen LogP contribution in [0.4, 0.5) is 10.5 Å². The number of anilines is 1. The first kappa shape index (κ1) is 15.8. The van der Waals surface area contributed by atoms with E-state index >= 15 is 0 Å². The highest BCUT2D eigenvalue weighted by Crippen LogP contribution is 2.13. The normalized spacial score (nSPS) is 15.6. The number of urea groups is 1. The van der Waals surface area contributed by atoms with Gasteiger partial charge in [-0.3, -0.25) is 0 Å². The summed E-state index contributed by atoms with van der Waals surface area (Å²) in [5.41, 5.74) is 2.12. The molecule has 1 heterocycles. The van der Waals surface area contributed by atoms with Gasteiger partial charge in [0.05, 0.1) is 0 Å². The van der Waals surface area contributed by atoms with Gasteiger partial charge in [0.15, 0.2) is 0 Å². The third-order valence-electron chi connectivity index (χ3n) is 3.85. The first-order chi connectivity index (χ1) is 10.3. The molecule has 0 bridgehead atoms. The first-order valence-corrected chi connectivity index (χ1v) is 8.15. The molecular weight excluding hydrogens is 262 g/mol. The Balaban J connectivity index is 1.82. The van der Waals surface area contributed by atoms with Crippen LogP contribution in [0.5, 0.6) is 0 Å². The molecule has 1 aromatic carbocycles. The minimum Gasteiger partial charge on any atom is -0.325 e. The molecule has 1 aliphatic rings. The van der Waals surface area contributed by atoms with Crippen LogP contribution in [-0.4, -0.2) is 30.6 Å². The van der Waals surface area contributed by atoms with Crippen molar-refractivity contribution in [1.82, 2.24) is 10.2 Å². The third-order valence-corrected chi connectivity index (χ3v) is 3.85. The Kier molecular flexibility index (Phi) is 6.54. The maximum Gasteiger partial charge on any atom is 0.321 e. The Labute approximate surface area is 127 Å². The third kappa shape index (κ3) is 5.38. The second kappa shape index (κ2) is 8.67.